The predicted octanol–water partition coefficient (Wildman–Crippen LogP) is 2.12. The topological polar surface area (TPSA) is 114 Å². The highest BCUT2D eigenvalue weighted by atomic mass is 32.2. The van der Waals surface area contributed by atoms with E-state index in [2.05, 4.69) is 20.0 Å². The summed E-state index contributed by atoms with van der Waals surface area (Å²) in [5.74, 6) is -0.416. The highest BCUT2D eigenvalue weighted by molar-refractivity contribution is 7.92. The molecular formula is C15H12N4O4S. The van der Waals surface area contributed by atoms with Gasteiger partial charge < -0.3 is 9.73 Å². The Morgan fingerprint density at radius 2 is 1.92 bits per heavy atom. The number of amides is 1. The molecule has 1 amide bonds. The Kier molecular flexibility index (Phi) is 4.25. The number of sulfonamides is 1. The Bertz CT molecular complexity index is 940. The van der Waals surface area contributed by atoms with E-state index in [1.165, 1.54) is 30.7 Å². The first kappa shape index (κ1) is 15.7. The van der Waals surface area contributed by atoms with Gasteiger partial charge in [0.05, 0.1) is 11.9 Å². The van der Waals surface area contributed by atoms with Crippen LogP contribution in [0.4, 0.5) is 11.5 Å². The number of hydrogen-bond acceptors (Lipinski definition) is 6. The fraction of sp³-hybridized carbons (Fsp3) is 0. The minimum absolute atomic E-state index is 0.146. The lowest BCUT2D eigenvalue weighted by Crippen LogP contribution is -2.13. The molecule has 0 unspecified atom stereocenters. The van der Waals surface area contributed by atoms with Crippen LogP contribution < -0.4 is 10.0 Å². The molecule has 24 heavy (non-hydrogen) atoms. The third-order valence-electron chi connectivity index (χ3n) is 2.89. The molecule has 3 heterocycles. The lowest BCUT2D eigenvalue weighted by molar-refractivity contribution is 0.0991. The first-order valence-corrected chi connectivity index (χ1v) is 8.28. The van der Waals surface area contributed by atoms with Crippen molar-refractivity contribution in [1.29, 1.82) is 0 Å². The second kappa shape index (κ2) is 6.50. The van der Waals surface area contributed by atoms with Gasteiger partial charge >= 0.3 is 0 Å². The van der Waals surface area contributed by atoms with Crippen molar-refractivity contribution >= 4 is 27.4 Å². The van der Waals surface area contributed by atoms with Crippen molar-refractivity contribution in [3.8, 4) is 0 Å². The van der Waals surface area contributed by atoms with E-state index in [9.17, 15) is 13.2 Å². The van der Waals surface area contributed by atoms with Crippen molar-refractivity contribution in [3.05, 3.63) is 66.8 Å². The minimum Gasteiger partial charge on any atom is -0.438 e. The maximum atomic E-state index is 12.2. The van der Waals surface area contributed by atoms with Gasteiger partial charge in [0.2, 0.25) is 5.09 Å². The number of nitrogens with zero attached hydrogens (tertiary/aromatic N) is 2. The van der Waals surface area contributed by atoms with Gasteiger partial charge in [-0.05, 0) is 36.4 Å². The second-order valence-corrected chi connectivity index (χ2v) is 6.25. The van der Waals surface area contributed by atoms with Gasteiger partial charge in [0.15, 0.2) is 5.76 Å². The molecule has 0 fully saturated rings. The van der Waals surface area contributed by atoms with Gasteiger partial charge in [-0.25, -0.2) is 4.98 Å². The fourth-order valence-corrected chi connectivity index (χ4v) is 2.81. The molecule has 0 saturated heterocycles. The van der Waals surface area contributed by atoms with Gasteiger partial charge in [-0.15, -0.1) is 0 Å². The fourth-order valence-electron chi connectivity index (χ4n) is 1.83. The Balaban J connectivity index is 1.76. The normalized spacial score (nSPS) is 11.0. The van der Waals surface area contributed by atoms with Gasteiger partial charge in [0, 0.05) is 12.4 Å². The van der Waals surface area contributed by atoms with Crippen molar-refractivity contribution in [2.45, 2.75) is 5.09 Å². The number of hydrogen-bond donors (Lipinski definition) is 2. The molecule has 0 aliphatic rings. The molecule has 0 aliphatic carbocycles. The Labute approximate surface area is 137 Å². The van der Waals surface area contributed by atoms with Crippen LogP contribution in [0.3, 0.4) is 0 Å². The van der Waals surface area contributed by atoms with E-state index in [0.717, 1.165) is 0 Å². The Morgan fingerprint density at radius 1 is 1.04 bits per heavy atom. The van der Waals surface area contributed by atoms with E-state index in [4.69, 9.17) is 4.42 Å². The molecule has 8 nitrogen and oxygen atoms in total. The van der Waals surface area contributed by atoms with Crippen LogP contribution in [0.15, 0.2) is 70.6 Å². The van der Waals surface area contributed by atoms with Gasteiger partial charge in [-0.1, -0.05) is 6.07 Å². The van der Waals surface area contributed by atoms with E-state index < -0.39 is 15.9 Å². The summed E-state index contributed by atoms with van der Waals surface area (Å²) < 4.78 is 31.9. The summed E-state index contributed by atoms with van der Waals surface area (Å²) in [4.78, 5) is 19.8. The molecule has 0 spiro atoms. The monoisotopic (exact) mass is 344 g/mol. The van der Waals surface area contributed by atoms with Crippen LogP contribution >= 0.6 is 0 Å². The number of furan rings is 1. The van der Waals surface area contributed by atoms with Crippen LogP contribution in [0.2, 0.25) is 0 Å². The molecule has 122 valence electrons. The number of aromatic nitrogens is 2. The molecule has 0 atom stereocenters. The van der Waals surface area contributed by atoms with Crippen molar-refractivity contribution < 1.29 is 17.6 Å². The SMILES string of the molecule is O=C(Nc1ccccn1)c1ccc(S(=O)(=O)Nc2cccnc2)o1. The summed E-state index contributed by atoms with van der Waals surface area (Å²) in [6.07, 6.45) is 4.39. The lowest BCUT2D eigenvalue weighted by Gasteiger charge is -2.04. The van der Waals surface area contributed by atoms with E-state index >= 15 is 0 Å². The van der Waals surface area contributed by atoms with Gasteiger partial charge in [0.25, 0.3) is 15.9 Å². The summed E-state index contributed by atoms with van der Waals surface area (Å²) in [6, 6.07) is 10.6. The molecule has 0 saturated carbocycles. The van der Waals surface area contributed by atoms with Crippen LogP contribution in [-0.4, -0.2) is 24.3 Å². The smallest absolute Gasteiger partial charge is 0.295 e. The number of carbonyl (C=O) groups is 1. The van der Waals surface area contributed by atoms with Crippen molar-refractivity contribution in [2.75, 3.05) is 10.0 Å². The predicted molar refractivity (Wildman–Crippen MR) is 85.9 cm³/mol. The average Bonchev–Trinajstić information content (AvgIpc) is 3.07. The van der Waals surface area contributed by atoms with Gasteiger partial charge in [-0.3, -0.25) is 14.5 Å². The van der Waals surface area contributed by atoms with Crippen LogP contribution in [-0.2, 0) is 10.0 Å². The van der Waals surface area contributed by atoms with Crippen LogP contribution in [0.1, 0.15) is 10.6 Å². The number of nitrogens with one attached hydrogen (secondary N) is 2. The highest BCUT2D eigenvalue weighted by Gasteiger charge is 2.21. The molecule has 3 aromatic heterocycles. The van der Waals surface area contributed by atoms with Crippen LogP contribution in [0.5, 0.6) is 0 Å². The summed E-state index contributed by atoms with van der Waals surface area (Å²) in [5, 5.41) is 2.13. The number of carbonyl (C=O) groups excluding carboxylic acids is 1. The Morgan fingerprint density at radius 3 is 2.62 bits per heavy atom. The molecule has 2 N–H and O–H groups in total. The first-order chi connectivity index (χ1) is 11.5. The standard InChI is InChI=1S/C15H12N4O4S/c20-15(18-13-5-1-2-9-17-13)12-6-7-14(23-12)24(21,22)19-11-4-3-8-16-10-11/h1-10,19H,(H,17,18,20). The quantitative estimate of drug-likeness (QED) is 0.733. The number of rotatable bonds is 5. The van der Waals surface area contributed by atoms with Gasteiger partial charge in [0.1, 0.15) is 5.82 Å². The molecule has 9 heteroatoms. The third kappa shape index (κ3) is 3.58. The lowest BCUT2D eigenvalue weighted by atomic mass is 10.4. The summed E-state index contributed by atoms with van der Waals surface area (Å²) >= 11 is 0. The molecule has 0 bridgehead atoms. The summed E-state index contributed by atoms with van der Waals surface area (Å²) in [6.45, 7) is 0. The highest BCUT2D eigenvalue weighted by Crippen LogP contribution is 2.18. The van der Waals surface area contributed by atoms with E-state index in [1.54, 1.807) is 30.3 Å². The molecule has 0 radical (unpaired) electrons. The van der Waals surface area contributed by atoms with E-state index in [-0.39, 0.29) is 16.5 Å². The second-order valence-electron chi connectivity index (χ2n) is 4.63. The zero-order chi connectivity index (χ0) is 17.0. The van der Waals surface area contributed by atoms with E-state index in [0.29, 0.717) is 5.82 Å². The zero-order valence-corrected chi connectivity index (χ0v) is 13.0. The molecule has 0 aromatic carbocycles. The molecule has 0 aliphatic heterocycles. The Hall–Kier alpha value is -3.20. The van der Waals surface area contributed by atoms with Crippen LogP contribution in [0, 0.1) is 0 Å². The molecular weight excluding hydrogens is 332 g/mol. The van der Waals surface area contributed by atoms with E-state index in [1.807, 2.05) is 0 Å². The molecule has 3 rings (SSSR count). The maximum absolute atomic E-state index is 12.2. The van der Waals surface area contributed by atoms with Crippen LogP contribution in [0.25, 0.3) is 0 Å². The maximum Gasteiger partial charge on any atom is 0.295 e. The van der Waals surface area contributed by atoms with Crippen molar-refractivity contribution in [1.82, 2.24) is 9.97 Å². The molecule has 3 aromatic rings. The van der Waals surface area contributed by atoms with Crippen molar-refractivity contribution in [3.63, 3.8) is 0 Å². The first-order valence-electron chi connectivity index (χ1n) is 6.80. The number of anilines is 2. The zero-order valence-electron chi connectivity index (χ0n) is 12.2. The average molecular weight is 344 g/mol. The minimum atomic E-state index is -3.95. The van der Waals surface area contributed by atoms with Crippen molar-refractivity contribution in [2.24, 2.45) is 0 Å². The van der Waals surface area contributed by atoms with Gasteiger partial charge in [-0.2, -0.15) is 8.42 Å². The third-order valence-corrected chi connectivity index (χ3v) is 4.14. The number of pyridine rings is 2. The largest absolute Gasteiger partial charge is 0.438 e. The summed E-state index contributed by atoms with van der Waals surface area (Å²) in [5.41, 5.74) is 0.286. The summed E-state index contributed by atoms with van der Waals surface area (Å²) in [7, 11) is -3.95.